The maximum Gasteiger partial charge on any atom is 0.220 e. The maximum atomic E-state index is 11.6. The average Bonchev–Trinajstić information content (AvgIpc) is 2.53. The molecule has 0 radical (unpaired) electrons. The lowest BCUT2D eigenvalue weighted by Crippen LogP contribution is -2.25. The Morgan fingerprint density at radius 3 is 1.95 bits per heavy atom. The highest BCUT2D eigenvalue weighted by Crippen LogP contribution is 2.27. The fourth-order valence-corrected chi connectivity index (χ4v) is 2.79. The Labute approximate surface area is 134 Å². The van der Waals surface area contributed by atoms with Crippen LogP contribution in [0.5, 0.6) is 0 Å². The van der Waals surface area contributed by atoms with Crippen molar-refractivity contribution in [2.45, 2.75) is 18.8 Å². The molecule has 3 heteroatoms. The second-order valence-electron chi connectivity index (χ2n) is 4.95. The van der Waals surface area contributed by atoms with Crippen LogP contribution in [0.3, 0.4) is 0 Å². The van der Waals surface area contributed by atoms with Crippen LogP contribution in [0.4, 0.5) is 0 Å². The van der Waals surface area contributed by atoms with Gasteiger partial charge >= 0.3 is 0 Å². The molecule has 1 amide bonds. The van der Waals surface area contributed by atoms with E-state index in [2.05, 4.69) is 69.8 Å². The Bertz CT molecular complexity index is 502. The smallest absolute Gasteiger partial charge is 0.220 e. The topological polar surface area (TPSA) is 29.1 Å². The summed E-state index contributed by atoms with van der Waals surface area (Å²) in [6, 6.07) is 20.9. The fourth-order valence-electron chi connectivity index (χ4n) is 2.43. The van der Waals surface area contributed by atoms with Crippen LogP contribution in [0.2, 0.25) is 0 Å². The first-order valence-corrected chi connectivity index (χ1v) is 8.36. The van der Waals surface area contributed by atoms with Crippen LogP contribution in [-0.4, -0.2) is 17.8 Å². The third-order valence-corrected chi connectivity index (χ3v) is 3.88. The summed E-state index contributed by atoms with van der Waals surface area (Å²) < 4.78 is 0. The van der Waals surface area contributed by atoms with Gasteiger partial charge in [0.05, 0.1) is 0 Å². The molecule has 0 aliphatic heterocycles. The van der Waals surface area contributed by atoms with Crippen molar-refractivity contribution < 1.29 is 4.79 Å². The Hall–Kier alpha value is -1.61. The molecule has 0 aliphatic rings. The van der Waals surface area contributed by atoms with Crippen LogP contribution >= 0.6 is 15.9 Å². The Morgan fingerprint density at radius 2 is 1.48 bits per heavy atom. The molecule has 0 saturated heterocycles. The number of benzene rings is 2. The normalized spacial score (nSPS) is 10.6. The van der Waals surface area contributed by atoms with Crippen LogP contribution in [0.1, 0.15) is 29.9 Å². The molecular weight excluding hydrogens is 326 g/mol. The lowest BCUT2D eigenvalue weighted by atomic mass is 9.88. The lowest BCUT2D eigenvalue weighted by molar-refractivity contribution is -0.120. The molecule has 2 nitrogen and oxygen atoms in total. The van der Waals surface area contributed by atoms with E-state index in [1.54, 1.807) is 0 Å². The van der Waals surface area contributed by atoms with Gasteiger partial charge in [-0.1, -0.05) is 76.6 Å². The highest BCUT2D eigenvalue weighted by Gasteiger charge is 2.13. The molecule has 0 spiro atoms. The average molecular weight is 346 g/mol. The summed E-state index contributed by atoms with van der Waals surface area (Å²) in [6.45, 7) is 0.695. The van der Waals surface area contributed by atoms with E-state index in [1.165, 1.54) is 11.1 Å². The van der Waals surface area contributed by atoms with E-state index >= 15 is 0 Å². The summed E-state index contributed by atoms with van der Waals surface area (Å²) in [5.74, 6) is 0.420. The molecule has 0 atom stereocenters. The van der Waals surface area contributed by atoms with Gasteiger partial charge in [-0.15, -0.1) is 0 Å². The molecule has 0 heterocycles. The van der Waals surface area contributed by atoms with Crippen LogP contribution in [-0.2, 0) is 4.79 Å². The van der Waals surface area contributed by atoms with Gasteiger partial charge in [-0.2, -0.15) is 0 Å². The molecule has 0 aliphatic carbocycles. The van der Waals surface area contributed by atoms with Crippen LogP contribution in [0.25, 0.3) is 0 Å². The quantitative estimate of drug-likeness (QED) is 0.751. The van der Waals surface area contributed by atoms with E-state index in [0.29, 0.717) is 24.2 Å². The molecule has 0 fully saturated rings. The predicted octanol–water partition coefficient (Wildman–Crippen LogP) is 4.11. The van der Waals surface area contributed by atoms with Crippen molar-refractivity contribution in [3.05, 3.63) is 71.8 Å². The van der Waals surface area contributed by atoms with Gasteiger partial charge in [0.15, 0.2) is 0 Å². The summed E-state index contributed by atoms with van der Waals surface area (Å²) in [7, 11) is 0. The Morgan fingerprint density at radius 1 is 0.952 bits per heavy atom. The number of nitrogens with one attached hydrogen (secondary N) is 1. The minimum atomic E-state index is 0.103. The van der Waals surface area contributed by atoms with Crippen molar-refractivity contribution in [1.29, 1.82) is 0 Å². The Balaban J connectivity index is 2.05. The van der Waals surface area contributed by atoms with Gasteiger partial charge in [0.2, 0.25) is 5.91 Å². The molecule has 21 heavy (non-hydrogen) atoms. The number of halogens is 1. The zero-order valence-corrected chi connectivity index (χ0v) is 13.6. The summed E-state index contributed by atoms with van der Waals surface area (Å²) >= 11 is 3.28. The molecular formula is C18H20BrNO. The van der Waals surface area contributed by atoms with E-state index in [-0.39, 0.29) is 5.91 Å². The van der Waals surface area contributed by atoms with E-state index < -0.39 is 0 Å². The molecule has 0 bridgehead atoms. The number of alkyl halides is 1. The van der Waals surface area contributed by atoms with Gasteiger partial charge in [0, 0.05) is 24.2 Å². The largest absolute Gasteiger partial charge is 0.356 e. The molecule has 2 aromatic carbocycles. The minimum Gasteiger partial charge on any atom is -0.356 e. The van der Waals surface area contributed by atoms with Crippen LogP contribution < -0.4 is 5.32 Å². The van der Waals surface area contributed by atoms with Gasteiger partial charge in [0.25, 0.3) is 0 Å². The van der Waals surface area contributed by atoms with Crippen molar-refractivity contribution in [2.75, 3.05) is 11.9 Å². The van der Waals surface area contributed by atoms with E-state index in [0.717, 1.165) is 6.42 Å². The second kappa shape index (κ2) is 8.63. The summed E-state index contributed by atoms with van der Waals surface area (Å²) in [6.07, 6.45) is 1.43. The number of rotatable bonds is 7. The van der Waals surface area contributed by atoms with Gasteiger partial charge in [-0.05, 0) is 17.5 Å². The number of hydrogen-bond donors (Lipinski definition) is 1. The number of amides is 1. The van der Waals surface area contributed by atoms with E-state index in [4.69, 9.17) is 0 Å². The first-order chi connectivity index (χ1) is 10.3. The highest BCUT2D eigenvalue weighted by molar-refractivity contribution is 9.09. The summed E-state index contributed by atoms with van der Waals surface area (Å²) in [4.78, 5) is 11.6. The SMILES string of the molecule is O=C(CCBr)NCCC(c1ccccc1)c1ccccc1. The molecule has 0 saturated carbocycles. The fraction of sp³-hybridized carbons (Fsp3) is 0.278. The first kappa shape index (κ1) is 15.8. The third-order valence-electron chi connectivity index (χ3n) is 3.48. The first-order valence-electron chi connectivity index (χ1n) is 7.24. The molecule has 110 valence electrons. The highest BCUT2D eigenvalue weighted by atomic mass is 79.9. The monoisotopic (exact) mass is 345 g/mol. The molecule has 0 unspecified atom stereocenters. The van der Waals surface area contributed by atoms with Crippen LogP contribution in [0.15, 0.2) is 60.7 Å². The number of carbonyl (C=O) groups excluding carboxylic acids is 1. The van der Waals surface area contributed by atoms with Gasteiger partial charge < -0.3 is 5.32 Å². The van der Waals surface area contributed by atoms with Gasteiger partial charge in [0.1, 0.15) is 0 Å². The molecule has 2 rings (SSSR count). The van der Waals surface area contributed by atoms with Crippen molar-refractivity contribution in [1.82, 2.24) is 5.32 Å². The van der Waals surface area contributed by atoms with Crippen molar-refractivity contribution in [3.63, 3.8) is 0 Å². The summed E-state index contributed by atoms with van der Waals surface area (Å²) in [5, 5.41) is 3.69. The Kier molecular flexibility index (Phi) is 6.48. The minimum absolute atomic E-state index is 0.103. The van der Waals surface area contributed by atoms with Crippen LogP contribution in [0, 0.1) is 0 Å². The van der Waals surface area contributed by atoms with Crippen molar-refractivity contribution >= 4 is 21.8 Å². The van der Waals surface area contributed by atoms with E-state index in [1.807, 2.05) is 12.1 Å². The third kappa shape index (κ3) is 5.01. The van der Waals surface area contributed by atoms with E-state index in [9.17, 15) is 4.79 Å². The van der Waals surface area contributed by atoms with Gasteiger partial charge in [-0.25, -0.2) is 0 Å². The molecule has 0 aromatic heterocycles. The van der Waals surface area contributed by atoms with Crippen molar-refractivity contribution in [2.24, 2.45) is 0 Å². The maximum absolute atomic E-state index is 11.6. The predicted molar refractivity (Wildman–Crippen MR) is 90.8 cm³/mol. The standard InChI is InChI=1S/C18H20BrNO/c19-13-11-18(21)20-14-12-17(15-7-3-1-4-8-15)16-9-5-2-6-10-16/h1-10,17H,11-14H2,(H,20,21). The molecule has 1 N–H and O–H groups in total. The zero-order chi connectivity index (χ0) is 14.9. The lowest BCUT2D eigenvalue weighted by Gasteiger charge is -2.18. The number of carbonyl (C=O) groups is 1. The molecule has 2 aromatic rings. The second-order valence-corrected chi connectivity index (χ2v) is 5.74. The van der Waals surface area contributed by atoms with Crippen molar-refractivity contribution in [3.8, 4) is 0 Å². The van der Waals surface area contributed by atoms with Gasteiger partial charge in [-0.3, -0.25) is 4.79 Å². The number of hydrogen-bond acceptors (Lipinski definition) is 1. The summed E-state index contributed by atoms with van der Waals surface area (Å²) in [5.41, 5.74) is 2.58. The zero-order valence-electron chi connectivity index (χ0n) is 12.0.